The van der Waals surface area contributed by atoms with Gasteiger partial charge in [-0.25, -0.2) is 0 Å². The fraction of sp³-hybridized carbons (Fsp3) is 0.200. The Morgan fingerprint density at radius 3 is 2.86 bits per heavy atom. The van der Waals surface area contributed by atoms with E-state index in [2.05, 4.69) is 4.98 Å². The maximum absolute atomic E-state index is 8.99. The number of nitrogens with one attached hydrogen (secondary N) is 1. The number of halogens is 1. The summed E-state index contributed by atoms with van der Waals surface area (Å²) in [7, 11) is 0. The van der Waals surface area contributed by atoms with E-state index in [1.807, 2.05) is 24.3 Å². The molecule has 0 saturated heterocycles. The molecule has 0 aliphatic rings. The van der Waals surface area contributed by atoms with Gasteiger partial charge >= 0.3 is 0 Å². The minimum atomic E-state index is -0.432. The van der Waals surface area contributed by atoms with Gasteiger partial charge in [0, 0.05) is 16.5 Å². The molecule has 1 aromatic heterocycles. The normalized spacial score (nSPS) is 13.4. The molecule has 0 aliphatic carbocycles. The Hall–Kier alpha value is -1.03. The van der Waals surface area contributed by atoms with Crippen LogP contribution in [0.15, 0.2) is 24.3 Å². The lowest BCUT2D eigenvalue weighted by Crippen LogP contribution is -2.14. The van der Waals surface area contributed by atoms with E-state index in [1.165, 1.54) is 0 Å². The van der Waals surface area contributed by atoms with Gasteiger partial charge in [0.2, 0.25) is 0 Å². The van der Waals surface area contributed by atoms with E-state index in [1.54, 1.807) is 0 Å². The van der Waals surface area contributed by atoms with Crippen LogP contribution >= 0.6 is 11.6 Å². The Morgan fingerprint density at radius 1 is 1.43 bits per heavy atom. The number of rotatable bonds is 2. The Balaban J connectivity index is 2.67. The smallest absolute Gasteiger partial charge is 0.112 e. The fourth-order valence-corrected chi connectivity index (χ4v) is 1.93. The van der Waals surface area contributed by atoms with Crippen LogP contribution < -0.4 is 5.73 Å². The molecule has 4 heteroatoms. The molecule has 14 heavy (non-hydrogen) atoms. The number of hydrogen-bond acceptors (Lipinski definition) is 2. The van der Waals surface area contributed by atoms with E-state index in [0.717, 1.165) is 16.5 Å². The van der Waals surface area contributed by atoms with Gasteiger partial charge in [0.25, 0.3) is 0 Å². The van der Waals surface area contributed by atoms with Crippen LogP contribution in [0.3, 0.4) is 0 Å². The molecule has 0 saturated carbocycles. The van der Waals surface area contributed by atoms with Crippen LogP contribution in [0.4, 0.5) is 0 Å². The van der Waals surface area contributed by atoms with Crippen LogP contribution in [-0.4, -0.2) is 16.7 Å². The zero-order chi connectivity index (χ0) is 10.1. The molecule has 74 valence electrons. The summed E-state index contributed by atoms with van der Waals surface area (Å²) in [5.41, 5.74) is 7.47. The number of para-hydroxylation sites is 1. The summed E-state index contributed by atoms with van der Waals surface area (Å²) in [6.45, 7) is -0.110. The van der Waals surface area contributed by atoms with Gasteiger partial charge in [-0.15, -0.1) is 0 Å². The predicted molar refractivity (Wildman–Crippen MR) is 57.3 cm³/mol. The van der Waals surface area contributed by atoms with E-state index in [9.17, 15) is 0 Å². The Bertz CT molecular complexity index is 452. The molecule has 1 unspecified atom stereocenters. The zero-order valence-electron chi connectivity index (χ0n) is 7.50. The van der Waals surface area contributed by atoms with Crippen molar-refractivity contribution >= 4 is 22.5 Å². The van der Waals surface area contributed by atoms with Gasteiger partial charge in [0.15, 0.2) is 0 Å². The SMILES string of the molecule is NC(CO)c1c(Cl)[nH]c2ccccc12. The van der Waals surface area contributed by atoms with Gasteiger partial charge in [-0.3, -0.25) is 0 Å². The van der Waals surface area contributed by atoms with Crippen molar-refractivity contribution in [3.8, 4) is 0 Å². The van der Waals surface area contributed by atoms with Gasteiger partial charge in [0.1, 0.15) is 5.15 Å². The molecule has 1 aromatic carbocycles. The summed E-state index contributed by atoms with van der Waals surface area (Å²) < 4.78 is 0. The highest BCUT2D eigenvalue weighted by atomic mass is 35.5. The molecule has 1 atom stereocenters. The molecule has 2 rings (SSSR count). The van der Waals surface area contributed by atoms with Crippen molar-refractivity contribution in [2.45, 2.75) is 6.04 Å². The summed E-state index contributed by atoms with van der Waals surface area (Å²) in [5, 5.41) is 10.5. The number of aromatic nitrogens is 1. The lowest BCUT2D eigenvalue weighted by Gasteiger charge is -2.06. The molecule has 2 aromatic rings. The largest absolute Gasteiger partial charge is 0.394 e. The van der Waals surface area contributed by atoms with Crippen LogP contribution in [0, 0.1) is 0 Å². The van der Waals surface area contributed by atoms with Gasteiger partial charge in [0.05, 0.1) is 12.6 Å². The molecule has 0 aliphatic heterocycles. The minimum Gasteiger partial charge on any atom is -0.394 e. The molecule has 1 heterocycles. The first-order valence-electron chi connectivity index (χ1n) is 4.36. The molecule has 0 radical (unpaired) electrons. The highest BCUT2D eigenvalue weighted by Gasteiger charge is 2.15. The number of H-pyrrole nitrogens is 1. The average Bonchev–Trinajstić information content (AvgIpc) is 2.53. The molecular formula is C10H11ClN2O. The van der Waals surface area contributed by atoms with E-state index in [-0.39, 0.29) is 6.61 Å². The molecule has 0 spiro atoms. The van der Waals surface area contributed by atoms with Crippen LogP contribution in [0.25, 0.3) is 10.9 Å². The van der Waals surface area contributed by atoms with Crippen LogP contribution in [-0.2, 0) is 0 Å². The van der Waals surface area contributed by atoms with Crippen molar-refractivity contribution in [3.63, 3.8) is 0 Å². The second-order valence-electron chi connectivity index (χ2n) is 3.19. The lowest BCUT2D eigenvalue weighted by atomic mass is 10.1. The molecule has 0 amide bonds. The van der Waals surface area contributed by atoms with Crippen molar-refractivity contribution in [3.05, 3.63) is 35.0 Å². The predicted octanol–water partition coefficient (Wildman–Crippen LogP) is 1.81. The standard InChI is InChI=1S/C10H11ClN2O/c11-10-9(7(12)5-14)6-3-1-2-4-8(6)13-10/h1-4,7,13-14H,5,12H2. The van der Waals surface area contributed by atoms with E-state index >= 15 is 0 Å². The zero-order valence-corrected chi connectivity index (χ0v) is 8.25. The Labute approximate surface area is 86.5 Å². The molecular weight excluding hydrogens is 200 g/mol. The van der Waals surface area contributed by atoms with Gasteiger partial charge in [-0.2, -0.15) is 0 Å². The molecule has 4 N–H and O–H groups in total. The van der Waals surface area contributed by atoms with Crippen LogP contribution in [0.1, 0.15) is 11.6 Å². The van der Waals surface area contributed by atoms with Crippen molar-refractivity contribution in [2.24, 2.45) is 5.73 Å². The number of nitrogens with two attached hydrogens (primary N) is 1. The summed E-state index contributed by atoms with van der Waals surface area (Å²) in [6, 6.07) is 7.26. The number of aliphatic hydroxyl groups excluding tert-OH is 1. The second-order valence-corrected chi connectivity index (χ2v) is 3.57. The van der Waals surface area contributed by atoms with Crippen molar-refractivity contribution in [2.75, 3.05) is 6.61 Å². The summed E-state index contributed by atoms with van der Waals surface area (Å²) in [6.07, 6.45) is 0. The Kier molecular flexibility index (Phi) is 2.46. The van der Waals surface area contributed by atoms with Gasteiger partial charge in [-0.05, 0) is 6.07 Å². The maximum atomic E-state index is 8.99. The Morgan fingerprint density at radius 2 is 2.14 bits per heavy atom. The second kappa shape index (κ2) is 3.61. The number of benzene rings is 1. The molecule has 0 bridgehead atoms. The summed E-state index contributed by atoms with van der Waals surface area (Å²) >= 11 is 5.99. The van der Waals surface area contributed by atoms with Gasteiger partial charge in [-0.1, -0.05) is 29.8 Å². The fourth-order valence-electron chi connectivity index (χ4n) is 1.58. The van der Waals surface area contributed by atoms with E-state index in [4.69, 9.17) is 22.4 Å². The average molecular weight is 211 g/mol. The topological polar surface area (TPSA) is 62.0 Å². The lowest BCUT2D eigenvalue weighted by molar-refractivity contribution is 0.268. The third-order valence-electron chi connectivity index (χ3n) is 2.27. The summed E-state index contributed by atoms with van der Waals surface area (Å²) in [4.78, 5) is 3.02. The van der Waals surface area contributed by atoms with Crippen molar-refractivity contribution < 1.29 is 5.11 Å². The van der Waals surface area contributed by atoms with E-state index < -0.39 is 6.04 Å². The molecule has 0 fully saturated rings. The van der Waals surface area contributed by atoms with Crippen molar-refractivity contribution in [1.29, 1.82) is 0 Å². The first-order chi connectivity index (χ1) is 6.74. The number of hydrogen-bond donors (Lipinski definition) is 3. The highest BCUT2D eigenvalue weighted by molar-refractivity contribution is 6.31. The summed E-state index contributed by atoms with van der Waals surface area (Å²) in [5.74, 6) is 0. The quantitative estimate of drug-likeness (QED) is 0.708. The third kappa shape index (κ3) is 1.39. The van der Waals surface area contributed by atoms with Crippen molar-refractivity contribution in [1.82, 2.24) is 4.98 Å². The van der Waals surface area contributed by atoms with E-state index in [0.29, 0.717) is 5.15 Å². The van der Waals surface area contributed by atoms with Crippen LogP contribution in [0.2, 0.25) is 5.15 Å². The first kappa shape index (κ1) is 9.52. The number of fused-ring (bicyclic) bond motifs is 1. The minimum absolute atomic E-state index is 0.110. The first-order valence-corrected chi connectivity index (χ1v) is 4.74. The molecule has 3 nitrogen and oxygen atoms in total. The van der Waals surface area contributed by atoms with Crippen LogP contribution in [0.5, 0.6) is 0 Å². The number of aromatic amines is 1. The maximum Gasteiger partial charge on any atom is 0.112 e. The monoisotopic (exact) mass is 210 g/mol. The number of aliphatic hydroxyl groups is 1. The third-order valence-corrected chi connectivity index (χ3v) is 2.56. The van der Waals surface area contributed by atoms with Gasteiger partial charge < -0.3 is 15.8 Å². The highest BCUT2D eigenvalue weighted by Crippen LogP contribution is 2.29.